The quantitative estimate of drug-likeness (QED) is 0.0725. The van der Waals surface area contributed by atoms with E-state index in [1.54, 1.807) is 0 Å². The summed E-state index contributed by atoms with van der Waals surface area (Å²) in [6.45, 7) is -2.53. The Morgan fingerprint density at radius 1 is 0.387 bits per heavy atom. The minimum Gasteiger partial charge on any atom is -0.394 e. The van der Waals surface area contributed by atoms with Crippen LogP contribution < -0.4 is 10.6 Å². The summed E-state index contributed by atoms with van der Waals surface area (Å²) in [5.74, 6) is -1.55. The van der Waals surface area contributed by atoms with Gasteiger partial charge in [0.15, 0.2) is 31.5 Å². The maximum Gasteiger partial charge on any atom is 0.217 e. The molecule has 5 aliphatic heterocycles. The summed E-state index contributed by atoms with van der Waals surface area (Å²) >= 11 is 0. The molecule has 360 valence electrons. The molecule has 28 heteroatoms. The first kappa shape index (κ1) is 51.0. The van der Waals surface area contributed by atoms with Crippen LogP contribution in [0.15, 0.2) is 0 Å². The summed E-state index contributed by atoms with van der Waals surface area (Å²) in [7, 11) is 0. The Kier molecular flexibility index (Phi) is 18.1. The van der Waals surface area contributed by atoms with E-state index in [-0.39, 0.29) is 0 Å². The molecule has 1 unspecified atom stereocenters. The zero-order valence-corrected chi connectivity index (χ0v) is 33.2. The predicted molar refractivity (Wildman–Crippen MR) is 190 cm³/mol. The van der Waals surface area contributed by atoms with Gasteiger partial charge in [-0.2, -0.15) is 0 Å². The van der Waals surface area contributed by atoms with Crippen LogP contribution in [0.3, 0.4) is 0 Å². The van der Waals surface area contributed by atoms with Gasteiger partial charge in [-0.05, 0) is 0 Å². The lowest BCUT2D eigenvalue weighted by molar-refractivity contribution is -0.384. The summed E-state index contributed by atoms with van der Waals surface area (Å²) in [4.78, 5) is 24.4. The molecule has 62 heavy (non-hydrogen) atoms. The van der Waals surface area contributed by atoms with Crippen LogP contribution in [-0.4, -0.2) is 275 Å². The molecule has 0 aliphatic carbocycles. The molecule has 28 nitrogen and oxygen atoms in total. The number of carbonyl (C=O) groups excluding carboxylic acids is 2. The third-order valence-electron chi connectivity index (χ3n) is 11.1. The highest BCUT2D eigenvalue weighted by Gasteiger charge is 2.57. The van der Waals surface area contributed by atoms with Gasteiger partial charge in [0.05, 0.1) is 33.0 Å². The summed E-state index contributed by atoms with van der Waals surface area (Å²) in [6.07, 6.45) is -42.2. The van der Waals surface area contributed by atoms with Gasteiger partial charge < -0.3 is 130 Å². The first-order valence-corrected chi connectivity index (χ1v) is 19.6. The van der Waals surface area contributed by atoms with Crippen LogP contribution >= 0.6 is 0 Å². The maximum absolute atomic E-state index is 12.5. The first-order chi connectivity index (χ1) is 29.3. The van der Waals surface area contributed by atoms with E-state index in [2.05, 4.69) is 10.6 Å². The number of aliphatic hydroxyl groups excluding tert-OH is 15. The van der Waals surface area contributed by atoms with E-state index in [9.17, 15) is 86.2 Å². The highest BCUT2D eigenvalue weighted by atomic mass is 16.8. The van der Waals surface area contributed by atoms with Crippen molar-refractivity contribution in [2.45, 2.75) is 167 Å². The molecule has 5 fully saturated rings. The Hall–Kier alpha value is -2.02. The lowest BCUT2D eigenvalue weighted by Gasteiger charge is -2.50. The van der Waals surface area contributed by atoms with Gasteiger partial charge in [-0.25, -0.2) is 0 Å². The van der Waals surface area contributed by atoms with Gasteiger partial charge in [0.2, 0.25) is 11.8 Å². The molecule has 5 heterocycles. The van der Waals surface area contributed by atoms with E-state index < -0.39 is 198 Å². The Balaban J connectivity index is 1.37. The van der Waals surface area contributed by atoms with Gasteiger partial charge in [0.25, 0.3) is 0 Å². The molecular formula is C34H58N2O26. The fourth-order valence-electron chi connectivity index (χ4n) is 7.83. The van der Waals surface area contributed by atoms with Gasteiger partial charge in [-0.3, -0.25) is 9.59 Å². The summed E-state index contributed by atoms with van der Waals surface area (Å²) in [5.41, 5.74) is 0. The third kappa shape index (κ3) is 10.8. The number of hydrogen-bond donors (Lipinski definition) is 17. The molecule has 25 atom stereocenters. The van der Waals surface area contributed by atoms with Crippen molar-refractivity contribution in [2.24, 2.45) is 0 Å². The molecule has 0 aromatic rings. The smallest absolute Gasteiger partial charge is 0.217 e. The minimum absolute atomic E-state index is 0.726. The van der Waals surface area contributed by atoms with Crippen molar-refractivity contribution in [1.82, 2.24) is 10.6 Å². The van der Waals surface area contributed by atoms with E-state index >= 15 is 0 Å². The van der Waals surface area contributed by atoms with Crippen molar-refractivity contribution < 1.29 is 129 Å². The second-order valence-electron chi connectivity index (χ2n) is 15.4. The number of amides is 2. The molecule has 5 saturated heterocycles. The van der Waals surface area contributed by atoms with Crippen LogP contribution in [-0.2, 0) is 52.2 Å². The van der Waals surface area contributed by atoms with Crippen LogP contribution in [0.5, 0.6) is 0 Å². The van der Waals surface area contributed by atoms with Gasteiger partial charge in [-0.15, -0.1) is 0 Å². The first-order valence-electron chi connectivity index (χ1n) is 19.6. The zero-order valence-electron chi connectivity index (χ0n) is 33.2. The Morgan fingerprint density at radius 2 is 0.726 bits per heavy atom. The molecule has 2 amide bonds. The average molecular weight is 911 g/mol. The Morgan fingerprint density at radius 3 is 1.15 bits per heavy atom. The fraction of sp³-hybridized carbons (Fsp3) is 0.941. The molecular weight excluding hydrogens is 852 g/mol. The SMILES string of the molecule is CC(=O)N[C@H]1[C@H](O[C@H]2[C@@H](O)[C@@H](CO)O[C@@H](O[C@H]3[C@H](O)[C@@H](O)C(O)O[C@@H]3CO)[C@@H]2O)O[C@H](CO)[C@@H](O[C@@H]2O[C@H](CO)[C@H](O)[C@H](O[C@@H]3O[C@H](CO)[C@H](O)[C@H](O)[C@H]3NC(C)=O)[C@H]2O)[C@@H]1O. The summed E-state index contributed by atoms with van der Waals surface area (Å²) in [6, 6.07) is -3.28. The van der Waals surface area contributed by atoms with E-state index in [0.717, 1.165) is 13.8 Å². The van der Waals surface area contributed by atoms with Crippen molar-refractivity contribution in [3.05, 3.63) is 0 Å². The lowest BCUT2D eigenvalue weighted by Crippen LogP contribution is -2.70. The molecule has 0 aromatic carbocycles. The molecule has 0 saturated carbocycles. The van der Waals surface area contributed by atoms with E-state index in [4.69, 9.17) is 42.6 Å². The van der Waals surface area contributed by atoms with E-state index in [1.807, 2.05) is 0 Å². The highest BCUT2D eigenvalue weighted by molar-refractivity contribution is 5.73. The molecule has 0 bridgehead atoms. The molecule has 0 aromatic heterocycles. The van der Waals surface area contributed by atoms with Gasteiger partial charge >= 0.3 is 0 Å². The largest absolute Gasteiger partial charge is 0.394 e. The summed E-state index contributed by atoms with van der Waals surface area (Å²) < 4.78 is 50.7. The number of rotatable bonds is 15. The topological polar surface area (TPSA) is 445 Å². The van der Waals surface area contributed by atoms with Crippen molar-refractivity contribution in [3.8, 4) is 0 Å². The zero-order chi connectivity index (χ0) is 45.9. The second-order valence-corrected chi connectivity index (χ2v) is 15.4. The molecule has 0 spiro atoms. The molecule has 17 N–H and O–H groups in total. The summed E-state index contributed by atoms with van der Waals surface area (Å²) in [5, 5.41) is 163. The van der Waals surface area contributed by atoms with Crippen molar-refractivity contribution in [2.75, 3.05) is 33.0 Å². The molecule has 5 rings (SSSR count). The Labute approximate surface area is 351 Å². The molecule has 0 radical (unpaired) electrons. The van der Waals surface area contributed by atoms with E-state index in [0.29, 0.717) is 0 Å². The average Bonchev–Trinajstić information content (AvgIpc) is 3.23. The van der Waals surface area contributed by atoms with Crippen molar-refractivity contribution in [3.63, 3.8) is 0 Å². The standard InChI is InChI=1S/C34H58N2O26/c1-8(42)35-15-20(47)17(44)10(3-37)55-31(15)61-28-18(45)11(4-38)56-33(24(28)51)59-26-14(7-41)58-32(16(21(26)48)36-9(2)43)62-29-19(46)12(5-39)57-34(25(29)52)60-27-13(6-40)54-30(53)23(50)22(27)49/h10-34,37-41,44-53H,3-7H2,1-2H3,(H,35,42)(H,36,43)/t10-,11-,12-,13-,14-,15-,16-,17+,18+,19+,20-,21-,22-,23-,24-,25-,26-,27-,28+,29+,30?,31+,32+,33+,34+/m1/s1. The maximum atomic E-state index is 12.5. The van der Waals surface area contributed by atoms with Gasteiger partial charge in [0.1, 0.15) is 122 Å². The van der Waals surface area contributed by atoms with Crippen LogP contribution in [0.4, 0.5) is 0 Å². The fourth-order valence-corrected chi connectivity index (χ4v) is 7.83. The minimum atomic E-state index is -2.10. The number of nitrogens with one attached hydrogen (secondary N) is 2. The van der Waals surface area contributed by atoms with Gasteiger partial charge in [0, 0.05) is 13.8 Å². The van der Waals surface area contributed by atoms with Crippen LogP contribution in [0.1, 0.15) is 13.8 Å². The van der Waals surface area contributed by atoms with Crippen LogP contribution in [0, 0.1) is 0 Å². The second kappa shape index (κ2) is 22.0. The van der Waals surface area contributed by atoms with Crippen LogP contribution in [0.2, 0.25) is 0 Å². The third-order valence-corrected chi connectivity index (χ3v) is 11.1. The van der Waals surface area contributed by atoms with Gasteiger partial charge in [-0.1, -0.05) is 0 Å². The number of aliphatic hydroxyl groups is 15. The van der Waals surface area contributed by atoms with E-state index in [1.165, 1.54) is 0 Å². The predicted octanol–water partition coefficient (Wildman–Crippen LogP) is -11.6. The van der Waals surface area contributed by atoms with Crippen molar-refractivity contribution in [1.29, 1.82) is 0 Å². The lowest BCUT2D eigenvalue weighted by atomic mass is 9.94. The normalized spacial score (nSPS) is 49.0. The van der Waals surface area contributed by atoms with Crippen LogP contribution in [0.25, 0.3) is 0 Å². The highest BCUT2D eigenvalue weighted by Crippen LogP contribution is 2.35. The monoisotopic (exact) mass is 910 g/mol. The number of ether oxygens (including phenoxy) is 9. The Bertz CT molecular complexity index is 1440. The number of hydrogen-bond acceptors (Lipinski definition) is 26. The molecule has 5 aliphatic rings. The number of carbonyl (C=O) groups is 2. The van der Waals surface area contributed by atoms with Crippen molar-refractivity contribution >= 4 is 11.8 Å².